The number of nitrogens with one attached hydrogen (secondary N) is 1. The summed E-state index contributed by atoms with van der Waals surface area (Å²) in [4.78, 5) is 26.2. The minimum absolute atomic E-state index is 0.0504. The van der Waals surface area contributed by atoms with Crippen molar-refractivity contribution in [1.82, 2.24) is 5.32 Å². The maximum Gasteiger partial charge on any atom is 0.306 e. The van der Waals surface area contributed by atoms with Crippen LogP contribution in [0.15, 0.2) is 60.8 Å². The van der Waals surface area contributed by atoms with Crippen LogP contribution in [-0.2, 0) is 14.3 Å². The van der Waals surface area contributed by atoms with Crippen molar-refractivity contribution in [3.8, 4) is 0 Å². The molecule has 0 aromatic heterocycles. The molecule has 360 valence electrons. The minimum Gasteiger partial charge on any atom is -0.462 e. The van der Waals surface area contributed by atoms with E-state index in [-0.39, 0.29) is 24.9 Å². The zero-order chi connectivity index (χ0) is 45.2. The predicted octanol–water partition coefficient (Wildman–Crippen LogP) is 16.0. The van der Waals surface area contributed by atoms with Crippen LogP contribution in [0.2, 0.25) is 0 Å². The van der Waals surface area contributed by atoms with Crippen LogP contribution >= 0.6 is 0 Å². The van der Waals surface area contributed by atoms with Crippen molar-refractivity contribution in [2.75, 3.05) is 6.61 Å². The standard InChI is InChI=1S/C56H101NO5/c1-4-7-10-13-16-19-22-25-27-28-30-32-35-38-41-44-47-52(62-56(61)49-46-43-40-37-34-29-24-21-18-15-12-9-6-3)50-55(60)57-53(51-58)54(59)48-45-42-39-36-33-31-26-23-20-17-14-11-8-5-2/h10,13,16,19,22,25,27-28,30,32,52-54,58-59H,4-9,11-12,14-15,17-18,20-21,23-24,26,29,31,33-51H2,1-3H3,(H,57,60)/b13-10+,19-16+,25-22+,28-27+,32-30+. The van der Waals surface area contributed by atoms with E-state index >= 15 is 0 Å². The molecule has 0 saturated heterocycles. The van der Waals surface area contributed by atoms with Gasteiger partial charge in [-0.05, 0) is 44.9 Å². The Labute approximate surface area is 384 Å². The van der Waals surface area contributed by atoms with Crippen LogP contribution in [0.25, 0.3) is 0 Å². The SMILES string of the molecule is CCC/C=C/C=C/C=C/C=C/C=C/CCCCCC(CC(=O)NC(CO)C(O)CCCCCCCCCCCCCCCC)OC(=O)CCCCCCCCCCCCCCC. The Morgan fingerprint density at radius 3 is 1.31 bits per heavy atom. The summed E-state index contributed by atoms with van der Waals surface area (Å²) in [6, 6.07) is -0.716. The summed E-state index contributed by atoms with van der Waals surface area (Å²) < 4.78 is 5.92. The number of carbonyl (C=O) groups excluding carboxylic acids is 2. The lowest BCUT2D eigenvalue weighted by Crippen LogP contribution is -2.46. The van der Waals surface area contributed by atoms with Crippen LogP contribution in [-0.4, -0.2) is 46.9 Å². The number of esters is 1. The van der Waals surface area contributed by atoms with Gasteiger partial charge in [-0.1, -0.05) is 261 Å². The average Bonchev–Trinajstić information content (AvgIpc) is 3.26. The molecule has 0 aromatic carbocycles. The van der Waals surface area contributed by atoms with Gasteiger partial charge >= 0.3 is 5.97 Å². The number of unbranched alkanes of at least 4 members (excludes halogenated alkanes) is 29. The Kier molecular flexibility index (Phi) is 47.6. The molecule has 0 aliphatic heterocycles. The first-order chi connectivity index (χ1) is 30.5. The van der Waals surface area contributed by atoms with Gasteiger partial charge in [0.25, 0.3) is 0 Å². The second-order valence-electron chi connectivity index (χ2n) is 18.1. The van der Waals surface area contributed by atoms with Crippen molar-refractivity contribution in [2.24, 2.45) is 0 Å². The molecule has 0 bridgehead atoms. The van der Waals surface area contributed by atoms with Crippen molar-refractivity contribution in [2.45, 2.75) is 277 Å². The molecule has 6 heteroatoms. The number of hydrogen-bond acceptors (Lipinski definition) is 5. The molecular formula is C56H101NO5. The van der Waals surface area contributed by atoms with Gasteiger partial charge in [-0.15, -0.1) is 0 Å². The Morgan fingerprint density at radius 1 is 0.468 bits per heavy atom. The van der Waals surface area contributed by atoms with Crippen LogP contribution in [0.3, 0.4) is 0 Å². The first-order valence-electron chi connectivity index (χ1n) is 26.6. The fraction of sp³-hybridized carbons (Fsp3) is 0.786. The fourth-order valence-electron chi connectivity index (χ4n) is 7.93. The van der Waals surface area contributed by atoms with Crippen molar-refractivity contribution in [3.63, 3.8) is 0 Å². The van der Waals surface area contributed by atoms with Crippen molar-refractivity contribution < 1.29 is 24.5 Å². The Bertz CT molecular complexity index is 1110. The molecular weight excluding hydrogens is 767 g/mol. The van der Waals surface area contributed by atoms with Crippen LogP contribution in [0, 0.1) is 0 Å². The van der Waals surface area contributed by atoms with Crippen molar-refractivity contribution in [3.05, 3.63) is 60.8 Å². The number of hydrogen-bond donors (Lipinski definition) is 3. The highest BCUT2D eigenvalue weighted by Gasteiger charge is 2.24. The number of aliphatic hydroxyl groups is 2. The van der Waals surface area contributed by atoms with E-state index in [9.17, 15) is 19.8 Å². The molecule has 0 aliphatic carbocycles. The topological polar surface area (TPSA) is 95.9 Å². The Balaban J connectivity index is 4.66. The number of rotatable bonds is 47. The van der Waals surface area contributed by atoms with Gasteiger partial charge in [0.05, 0.1) is 25.2 Å². The maximum atomic E-state index is 13.2. The lowest BCUT2D eigenvalue weighted by molar-refractivity contribution is -0.151. The van der Waals surface area contributed by atoms with E-state index in [2.05, 4.69) is 50.4 Å². The molecule has 0 aliphatic rings. The Morgan fingerprint density at radius 2 is 0.855 bits per heavy atom. The molecule has 0 aromatic rings. The smallest absolute Gasteiger partial charge is 0.306 e. The first kappa shape index (κ1) is 59.6. The van der Waals surface area contributed by atoms with Gasteiger partial charge in [0.2, 0.25) is 5.91 Å². The molecule has 1 amide bonds. The highest BCUT2D eigenvalue weighted by molar-refractivity contribution is 5.77. The van der Waals surface area contributed by atoms with E-state index < -0.39 is 18.2 Å². The van der Waals surface area contributed by atoms with E-state index in [1.165, 1.54) is 141 Å². The lowest BCUT2D eigenvalue weighted by atomic mass is 10.0. The van der Waals surface area contributed by atoms with Gasteiger partial charge in [0.1, 0.15) is 6.10 Å². The highest BCUT2D eigenvalue weighted by atomic mass is 16.5. The summed E-state index contributed by atoms with van der Waals surface area (Å²) in [6.07, 6.45) is 61.3. The maximum absolute atomic E-state index is 13.2. The fourth-order valence-corrected chi connectivity index (χ4v) is 7.93. The third kappa shape index (κ3) is 44.2. The van der Waals surface area contributed by atoms with Gasteiger partial charge in [0, 0.05) is 6.42 Å². The quantitative estimate of drug-likeness (QED) is 0.0322. The third-order valence-electron chi connectivity index (χ3n) is 12.0. The molecule has 0 radical (unpaired) electrons. The van der Waals surface area contributed by atoms with Gasteiger partial charge in [-0.3, -0.25) is 9.59 Å². The normalized spacial score (nSPS) is 13.7. The summed E-state index contributed by atoms with van der Waals surface area (Å²) in [5.41, 5.74) is 0. The van der Waals surface area contributed by atoms with Crippen LogP contribution in [0.4, 0.5) is 0 Å². The number of ether oxygens (including phenoxy) is 1. The third-order valence-corrected chi connectivity index (χ3v) is 12.0. The second kappa shape index (κ2) is 49.6. The summed E-state index contributed by atoms with van der Waals surface area (Å²) in [5, 5.41) is 23.8. The van der Waals surface area contributed by atoms with E-state index in [1.807, 2.05) is 36.5 Å². The van der Waals surface area contributed by atoms with Gasteiger partial charge in [-0.25, -0.2) is 0 Å². The van der Waals surface area contributed by atoms with Gasteiger partial charge in [0.15, 0.2) is 0 Å². The number of allylic oxidation sites excluding steroid dienone is 10. The minimum atomic E-state index is -0.800. The summed E-state index contributed by atoms with van der Waals surface area (Å²) in [5.74, 6) is -0.510. The molecule has 3 atom stereocenters. The number of amides is 1. The summed E-state index contributed by atoms with van der Waals surface area (Å²) in [6.45, 7) is 6.39. The van der Waals surface area contributed by atoms with E-state index in [4.69, 9.17) is 4.74 Å². The summed E-state index contributed by atoms with van der Waals surface area (Å²) >= 11 is 0. The molecule has 3 unspecified atom stereocenters. The molecule has 0 fully saturated rings. The molecule has 0 saturated carbocycles. The van der Waals surface area contributed by atoms with Crippen molar-refractivity contribution in [1.29, 1.82) is 0 Å². The van der Waals surface area contributed by atoms with E-state index in [0.29, 0.717) is 19.3 Å². The molecule has 0 rings (SSSR count). The number of aliphatic hydroxyl groups excluding tert-OH is 2. The van der Waals surface area contributed by atoms with E-state index in [1.54, 1.807) is 0 Å². The van der Waals surface area contributed by atoms with Gasteiger partial charge in [-0.2, -0.15) is 0 Å². The molecule has 6 nitrogen and oxygen atoms in total. The monoisotopic (exact) mass is 868 g/mol. The largest absolute Gasteiger partial charge is 0.462 e. The number of carbonyl (C=O) groups is 2. The molecule has 62 heavy (non-hydrogen) atoms. The van der Waals surface area contributed by atoms with Crippen LogP contribution < -0.4 is 5.32 Å². The summed E-state index contributed by atoms with van der Waals surface area (Å²) in [7, 11) is 0. The Hall–Kier alpha value is -2.44. The first-order valence-corrected chi connectivity index (χ1v) is 26.6. The van der Waals surface area contributed by atoms with Crippen molar-refractivity contribution >= 4 is 11.9 Å². The van der Waals surface area contributed by atoms with Crippen LogP contribution in [0.1, 0.15) is 258 Å². The second-order valence-corrected chi connectivity index (χ2v) is 18.1. The predicted molar refractivity (Wildman–Crippen MR) is 268 cm³/mol. The zero-order valence-corrected chi connectivity index (χ0v) is 41.0. The molecule has 3 N–H and O–H groups in total. The molecule has 0 heterocycles. The average molecular weight is 868 g/mol. The lowest BCUT2D eigenvalue weighted by Gasteiger charge is -2.24. The van der Waals surface area contributed by atoms with E-state index in [0.717, 1.165) is 70.6 Å². The highest BCUT2D eigenvalue weighted by Crippen LogP contribution is 2.18. The van der Waals surface area contributed by atoms with Gasteiger partial charge < -0.3 is 20.3 Å². The van der Waals surface area contributed by atoms with Crippen LogP contribution in [0.5, 0.6) is 0 Å². The zero-order valence-electron chi connectivity index (χ0n) is 41.0. The molecule has 0 spiro atoms.